The number of carbonyl (C=O) groups excluding carboxylic acids is 1. The molecule has 0 saturated carbocycles. The fourth-order valence-electron chi connectivity index (χ4n) is 1.99. The summed E-state index contributed by atoms with van der Waals surface area (Å²) in [5, 5.41) is 3.17. The molecule has 4 nitrogen and oxygen atoms in total. The van der Waals surface area contributed by atoms with Crippen LogP contribution < -0.4 is 10.1 Å². The van der Waals surface area contributed by atoms with E-state index in [1.165, 1.54) is 12.1 Å². The molecule has 8 heteroatoms. The number of amides is 1. The number of hydrogen-bond acceptors (Lipinski definition) is 3. The van der Waals surface area contributed by atoms with Crippen molar-refractivity contribution in [1.29, 1.82) is 0 Å². The van der Waals surface area contributed by atoms with Gasteiger partial charge in [0.1, 0.15) is 5.75 Å². The molecule has 0 radical (unpaired) electrons. The average Bonchev–Trinajstić information content (AvgIpc) is 2.53. The highest BCUT2D eigenvalue weighted by molar-refractivity contribution is 6.30. The molecule has 2 aromatic rings. The van der Waals surface area contributed by atoms with Crippen molar-refractivity contribution in [2.75, 3.05) is 13.2 Å². The Hall–Kier alpha value is -2.25. The van der Waals surface area contributed by atoms with E-state index in [9.17, 15) is 18.0 Å². The van der Waals surface area contributed by atoms with Crippen molar-refractivity contribution in [3.05, 3.63) is 64.7 Å². The highest BCUT2D eigenvalue weighted by atomic mass is 35.5. The van der Waals surface area contributed by atoms with E-state index in [1.807, 2.05) is 6.07 Å². The topological polar surface area (TPSA) is 47.6 Å². The second kappa shape index (κ2) is 8.73. The molecule has 0 bridgehead atoms. The third-order valence-electron chi connectivity index (χ3n) is 3.02. The van der Waals surface area contributed by atoms with E-state index in [2.05, 4.69) is 10.1 Å². The van der Waals surface area contributed by atoms with E-state index >= 15 is 0 Å². The number of carbonyl (C=O) groups is 1. The summed E-state index contributed by atoms with van der Waals surface area (Å²) in [5.41, 5.74) is 0.965. The molecule has 0 aromatic heterocycles. The number of alkyl halides is 3. The molecular formula is C17H15ClF3NO3. The van der Waals surface area contributed by atoms with Crippen molar-refractivity contribution >= 4 is 17.5 Å². The van der Waals surface area contributed by atoms with Gasteiger partial charge in [-0.2, -0.15) is 0 Å². The first-order chi connectivity index (χ1) is 11.8. The molecule has 2 aromatic carbocycles. The quantitative estimate of drug-likeness (QED) is 0.740. The highest BCUT2D eigenvalue weighted by Crippen LogP contribution is 2.23. The molecule has 0 unspecified atom stereocenters. The third kappa shape index (κ3) is 7.03. The summed E-state index contributed by atoms with van der Waals surface area (Å²) in [6.45, 7) is 0.798. The van der Waals surface area contributed by atoms with E-state index in [4.69, 9.17) is 16.3 Å². The van der Waals surface area contributed by atoms with E-state index in [0.29, 0.717) is 11.6 Å². The van der Waals surface area contributed by atoms with E-state index in [-0.39, 0.29) is 18.7 Å². The van der Waals surface area contributed by atoms with E-state index in [0.717, 1.165) is 17.7 Å². The number of ether oxygens (including phenoxy) is 2. The minimum atomic E-state index is -4.80. The minimum Gasteiger partial charge on any atom is -0.406 e. The van der Waals surface area contributed by atoms with Crippen LogP contribution in [0.2, 0.25) is 5.02 Å². The fraction of sp³-hybridized carbons (Fsp3) is 0.235. The Kier molecular flexibility index (Phi) is 6.66. The van der Waals surface area contributed by atoms with Crippen LogP contribution in [0.5, 0.6) is 5.75 Å². The van der Waals surface area contributed by atoms with E-state index in [1.54, 1.807) is 18.2 Å². The average molecular weight is 374 g/mol. The van der Waals surface area contributed by atoms with Crippen LogP contribution in [-0.4, -0.2) is 25.4 Å². The molecule has 0 heterocycles. The van der Waals surface area contributed by atoms with Gasteiger partial charge < -0.3 is 14.8 Å². The first-order valence-corrected chi connectivity index (χ1v) is 7.67. The Morgan fingerprint density at radius 1 is 1.12 bits per heavy atom. The van der Waals surface area contributed by atoms with Gasteiger partial charge in [-0.05, 0) is 35.9 Å². The Bertz CT molecular complexity index is 722. The summed E-state index contributed by atoms with van der Waals surface area (Å²) < 4.78 is 45.7. The van der Waals surface area contributed by atoms with Crippen molar-refractivity contribution in [3.63, 3.8) is 0 Å². The van der Waals surface area contributed by atoms with Gasteiger partial charge in [0.05, 0.1) is 13.2 Å². The lowest BCUT2D eigenvalue weighted by Crippen LogP contribution is -2.27. The van der Waals surface area contributed by atoms with Gasteiger partial charge in [0.2, 0.25) is 0 Å². The monoisotopic (exact) mass is 373 g/mol. The largest absolute Gasteiger partial charge is 0.573 e. The molecule has 0 aliphatic rings. The second-order valence-electron chi connectivity index (χ2n) is 5.01. The smallest absolute Gasteiger partial charge is 0.406 e. The minimum absolute atomic E-state index is 0.0663. The van der Waals surface area contributed by atoms with Crippen molar-refractivity contribution in [2.24, 2.45) is 0 Å². The van der Waals surface area contributed by atoms with Crippen LogP contribution in [0.4, 0.5) is 13.2 Å². The van der Waals surface area contributed by atoms with Crippen LogP contribution in [0, 0.1) is 0 Å². The number of rotatable bonds is 7. The number of halogens is 4. The molecule has 1 N–H and O–H groups in total. The van der Waals surface area contributed by atoms with Gasteiger partial charge >= 0.3 is 6.36 Å². The lowest BCUT2D eigenvalue weighted by Gasteiger charge is -2.10. The van der Waals surface area contributed by atoms with E-state index < -0.39 is 18.0 Å². The SMILES string of the molecule is O=C(NCCOCc1cccc(Cl)c1)c1cccc(OC(F)(F)F)c1. The van der Waals surface area contributed by atoms with Crippen molar-refractivity contribution in [2.45, 2.75) is 13.0 Å². The van der Waals surface area contributed by atoms with Gasteiger partial charge in [0.25, 0.3) is 5.91 Å². The van der Waals surface area contributed by atoms with Crippen molar-refractivity contribution in [1.82, 2.24) is 5.32 Å². The number of hydrogen-bond donors (Lipinski definition) is 1. The Balaban J connectivity index is 1.76. The summed E-state index contributed by atoms with van der Waals surface area (Å²) >= 11 is 5.85. The zero-order chi connectivity index (χ0) is 18.3. The summed E-state index contributed by atoms with van der Waals surface area (Å²) in [7, 11) is 0. The summed E-state index contributed by atoms with van der Waals surface area (Å²) in [6.07, 6.45) is -4.80. The van der Waals surface area contributed by atoms with Gasteiger partial charge in [-0.15, -0.1) is 13.2 Å². The van der Waals surface area contributed by atoms with Crippen molar-refractivity contribution in [3.8, 4) is 5.75 Å². The fourth-order valence-corrected chi connectivity index (χ4v) is 2.20. The summed E-state index contributed by atoms with van der Waals surface area (Å²) in [4.78, 5) is 11.9. The first kappa shape index (κ1) is 19.1. The Morgan fingerprint density at radius 2 is 1.88 bits per heavy atom. The molecule has 0 atom stereocenters. The molecular weight excluding hydrogens is 359 g/mol. The molecule has 2 rings (SSSR count). The molecule has 134 valence electrons. The summed E-state index contributed by atoms with van der Waals surface area (Å²) in [6, 6.07) is 12.0. The van der Waals surface area contributed by atoms with Crippen LogP contribution in [0.25, 0.3) is 0 Å². The van der Waals surface area contributed by atoms with Gasteiger partial charge in [-0.1, -0.05) is 29.8 Å². The molecule has 0 aliphatic carbocycles. The highest BCUT2D eigenvalue weighted by Gasteiger charge is 2.31. The maximum atomic E-state index is 12.2. The van der Waals surface area contributed by atoms with Gasteiger partial charge in [0.15, 0.2) is 0 Å². The second-order valence-corrected chi connectivity index (χ2v) is 5.45. The molecule has 0 saturated heterocycles. The lowest BCUT2D eigenvalue weighted by atomic mass is 10.2. The Morgan fingerprint density at radius 3 is 2.60 bits per heavy atom. The molecule has 1 amide bonds. The number of benzene rings is 2. The Labute approximate surface area is 147 Å². The lowest BCUT2D eigenvalue weighted by molar-refractivity contribution is -0.274. The molecule has 25 heavy (non-hydrogen) atoms. The normalized spacial score (nSPS) is 11.2. The van der Waals surface area contributed by atoms with Crippen LogP contribution >= 0.6 is 11.6 Å². The van der Waals surface area contributed by atoms with Gasteiger partial charge in [0, 0.05) is 17.1 Å². The predicted molar refractivity (Wildman–Crippen MR) is 86.6 cm³/mol. The zero-order valence-electron chi connectivity index (χ0n) is 13.0. The van der Waals surface area contributed by atoms with Crippen LogP contribution in [0.3, 0.4) is 0 Å². The summed E-state index contributed by atoms with van der Waals surface area (Å²) in [5.74, 6) is -0.962. The maximum absolute atomic E-state index is 12.2. The third-order valence-corrected chi connectivity index (χ3v) is 3.25. The molecule has 0 aliphatic heterocycles. The zero-order valence-corrected chi connectivity index (χ0v) is 13.7. The molecule has 0 spiro atoms. The maximum Gasteiger partial charge on any atom is 0.573 e. The molecule has 0 fully saturated rings. The first-order valence-electron chi connectivity index (χ1n) is 7.30. The van der Waals surface area contributed by atoms with Gasteiger partial charge in [-0.25, -0.2) is 0 Å². The van der Waals surface area contributed by atoms with Crippen LogP contribution in [0.15, 0.2) is 48.5 Å². The van der Waals surface area contributed by atoms with Crippen molar-refractivity contribution < 1.29 is 27.4 Å². The standard InChI is InChI=1S/C17H15ClF3NO3/c18-14-5-1-3-12(9-14)11-24-8-7-22-16(23)13-4-2-6-15(10-13)25-17(19,20)21/h1-6,9-10H,7-8,11H2,(H,22,23). The van der Waals surface area contributed by atoms with Crippen LogP contribution in [0.1, 0.15) is 15.9 Å². The van der Waals surface area contributed by atoms with Crippen LogP contribution in [-0.2, 0) is 11.3 Å². The number of nitrogens with one attached hydrogen (secondary N) is 1. The predicted octanol–water partition coefficient (Wildman–Crippen LogP) is 4.19. The van der Waals surface area contributed by atoms with Gasteiger partial charge in [-0.3, -0.25) is 4.79 Å².